The van der Waals surface area contributed by atoms with Crippen LogP contribution in [0.4, 0.5) is 34.1 Å². The largest absolute Gasteiger partial charge is 0.310 e. The molecule has 0 fully saturated rings. The first kappa shape index (κ1) is 38.2. The van der Waals surface area contributed by atoms with Gasteiger partial charge in [0.1, 0.15) is 0 Å². The second kappa shape index (κ2) is 16.0. The lowest BCUT2D eigenvalue weighted by Crippen LogP contribution is -2.28. The van der Waals surface area contributed by atoms with Gasteiger partial charge in [0.05, 0.1) is 16.8 Å². The summed E-state index contributed by atoms with van der Waals surface area (Å²) >= 11 is 0. The number of hydrogen-bond acceptors (Lipinski definition) is 2. The van der Waals surface area contributed by atoms with Crippen molar-refractivity contribution in [1.29, 1.82) is 0 Å². The first-order chi connectivity index (χ1) is 32.3. The van der Waals surface area contributed by atoms with E-state index in [0.29, 0.717) is 0 Å². The molecular formula is C63H44N2. The molecule has 2 nitrogen and oxygen atoms in total. The molecule has 0 saturated carbocycles. The number of benzene rings is 11. The Kier molecular flexibility index (Phi) is 9.43. The molecule has 0 spiro atoms. The lowest BCUT2D eigenvalue weighted by molar-refractivity contribution is 0.768. The Labute approximate surface area is 380 Å². The Bertz CT molecular complexity index is 3420. The number of anilines is 6. The van der Waals surface area contributed by atoms with Gasteiger partial charge in [-0.3, -0.25) is 0 Å². The van der Waals surface area contributed by atoms with Crippen molar-refractivity contribution in [2.75, 3.05) is 9.80 Å². The van der Waals surface area contributed by atoms with Crippen LogP contribution in [-0.4, -0.2) is 0 Å². The molecule has 0 heterocycles. The number of rotatable bonds is 9. The summed E-state index contributed by atoms with van der Waals surface area (Å²) in [5.41, 5.74) is 16.2. The van der Waals surface area contributed by atoms with Crippen LogP contribution in [0.3, 0.4) is 0 Å². The van der Waals surface area contributed by atoms with Crippen molar-refractivity contribution in [3.8, 4) is 22.3 Å². The fourth-order valence-corrected chi connectivity index (χ4v) is 10.4. The van der Waals surface area contributed by atoms with Crippen LogP contribution in [0.25, 0.3) is 43.8 Å². The molecule has 0 saturated heterocycles. The summed E-state index contributed by atoms with van der Waals surface area (Å²) in [5.74, 6) is 0. The summed E-state index contributed by atoms with van der Waals surface area (Å²) in [6.07, 6.45) is 0. The molecule has 2 heteroatoms. The molecule has 306 valence electrons. The highest BCUT2D eigenvalue weighted by Crippen LogP contribution is 2.57. The number of hydrogen-bond donors (Lipinski definition) is 0. The average molecular weight is 829 g/mol. The van der Waals surface area contributed by atoms with E-state index in [9.17, 15) is 0 Å². The first-order valence-corrected chi connectivity index (χ1v) is 22.4. The molecule has 0 atom stereocenters. The predicted molar refractivity (Wildman–Crippen MR) is 274 cm³/mol. The zero-order valence-corrected chi connectivity index (χ0v) is 35.8. The zero-order chi connectivity index (χ0) is 43.2. The minimum atomic E-state index is -0.505. The molecule has 0 aliphatic heterocycles. The average Bonchev–Trinajstić information content (AvgIpc) is 3.68. The second-order valence-electron chi connectivity index (χ2n) is 16.9. The fraction of sp³-hybridized carbons (Fsp3) is 0.0159. The number of nitrogens with zero attached hydrogens (tertiary/aromatic N) is 2. The topological polar surface area (TPSA) is 6.48 Å². The Balaban J connectivity index is 0.981. The Morgan fingerprint density at radius 3 is 1.22 bits per heavy atom. The van der Waals surface area contributed by atoms with Gasteiger partial charge in [-0.25, -0.2) is 0 Å². The second-order valence-corrected chi connectivity index (χ2v) is 16.9. The Hall–Kier alpha value is -8.46. The van der Waals surface area contributed by atoms with Gasteiger partial charge < -0.3 is 9.80 Å². The molecule has 1 aliphatic carbocycles. The molecule has 0 bridgehead atoms. The maximum Gasteiger partial charge on any atom is 0.0714 e. The molecule has 65 heavy (non-hydrogen) atoms. The summed E-state index contributed by atoms with van der Waals surface area (Å²) < 4.78 is 0. The highest BCUT2D eigenvalue weighted by Gasteiger charge is 2.46. The van der Waals surface area contributed by atoms with E-state index < -0.39 is 5.41 Å². The molecule has 0 aromatic heterocycles. The third-order valence-electron chi connectivity index (χ3n) is 13.3. The van der Waals surface area contributed by atoms with Gasteiger partial charge in [-0.1, -0.05) is 206 Å². The van der Waals surface area contributed by atoms with E-state index in [-0.39, 0.29) is 0 Å². The van der Waals surface area contributed by atoms with Gasteiger partial charge in [-0.05, 0) is 116 Å². The van der Waals surface area contributed by atoms with E-state index in [0.717, 1.165) is 45.3 Å². The van der Waals surface area contributed by atoms with Crippen LogP contribution in [0.15, 0.2) is 267 Å². The summed E-state index contributed by atoms with van der Waals surface area (Å²) in [7, 11) is 0. The normalized spacial score (nSPS) is 12.4. The highest BCUT2D eigenvalue weighted by molar-refractivity contribution is 6.01. The molecule has 0 amide bonds. The van der Waals surface area contributed by atoms with Crippen molar-refractivity contribution < 1.29 is 0 Å². The van der Waals surface area contributed by atoms with Crippen LogP contribution >= 0.6 is 0 Å². The van der Waals surface area contributed by atoms with Crippen molar-refractivity contribution >= 4 is 55.7 Å². The van der Waals surface area contributed by atoms with Crippen molar-refractivity contribution in [3.63, 3.8) is 0 Å². The third-order valence-corrected chi connectivity index (χ3v) is 13.3. The van der Waals surface area contributed by atoms with E-state index in [1.165, 1.54) is 54.9 Å². The van der Waals surface area contributed by atoms with E-state index >= 15 is 0 Å². The summed E-state index contributed by atoms with van der Waals surface area (Å²) in [6.45, 7) is 0. The SMILES string of the molecule is c1ccc(N(c2ccc(-c3ccc(N(c4ccc5c(c4)C(c4ccccc4)(c4ccccc4)c4ccccc4-5)c4cccc5ccccc45)cc3)cc2)c2cccc3ccccc23)cc1. The van der Waals surface area contributed by atoms with E-state index in [1.54, 1.807) is 0 Å². The lowest BCUT2D eigenvalue weighted by atomic mass is 9.67. The van der Waals surface area contributed by atoms with Crippen molar-refractivity contribution in [2.24, 2.45) is 0 Å². The van der Waals surface area contributed by atoms with Gasteiger partial charge >= 0.3 is 0 Å². The minimum Gasteiger partial charge on any atom is -0.310 e. The lowest BCUT2D eigenvalue weighted by Gasteiger charge is -2.35. The van der Waals surface area contributed by atoms with Gasteiger partial charge in [0.25, 0.3) is 0 Å². The zero-order valence-electron chi connectivity index (χ0n) is 35.8. The first-order valence-electron chi connectivity index (χ1n) is 22.4. The van der Waals surface area contributed by atoms with Gasteiger partial charge in [0, 0.05) is 33.5 Å². The quantitative estimate of drug-likeness (QED) is 0.143. The van der Waals surface area contributed by atoms with Crippen molar-refractivity contribution in [2.45, 2.75) is 5.41 Å². The fourth-order valence-electron chi connectivity index (χ4n) is 10.4. The molecule has 11 aromatic carbocycles. The van der Waals surface area contributed by atoms with Gasteiger partial charge in [-0.15, -0.1) is 0 Å². The third kappa shape index (κ3) is 6.41. The van der Waals surface area contributed by atoms with Crippen LogP contribution in [0, 0.1) is 0 Å². The summed E-state index contributed by atoms with van der Waals surface area (Å²) in [6, 6.07) is 97.4. The molecule has 0 N–H and O–H groups in total. The smallest absolute Gasteiger partial charge is 0.0714 e. The van der Waals surface area contributed by atoms with Crippen molar-refractivity contribution in [1.82, 2.24) is 0 Å². The number of para-hydroxylation sites is 1. The maximum atomic E-state index is 2.46. The molecule has 1 aliphatic rings. The molecule has 0 radical (unpaired) electrons. The van der Waals surface area contributed by atoms with Gasteiger partial charge in [0.15, 0.2) is 0 Å². The van der Waals surface area contributed by atoms with Crippen LogP contribution in [-0.2, 0) is 5.41 Å². The van der Waals surface area contributed by atoms with Crippen LogP contribution in [0.2, 0.25) is 0 Å². The molecule has 12 rings (SSSR count). The van der Waals surface area contributed by atoms with Gasteiger partial charge in [-0.2, -0.15) is 0 Å². The summed E-state index contributed by atoms with van der Waals surface area (Å²) in [4.78, 5) is 4.80. The summed E-state index contributed by atoms with van der Waals surface area (Å²) in [5, 5.41) is 4.84. The maximum absolute atomic E-state index is 2.46. The van der Waals surface area contributed by atoms with Crippen molar-refractivity contribution in [3.05, 3.63) is 289 Å². The van der Waals surface area contributed by atoms with E-state index in [1.807, 2.05) is 0 Å². The Morgan fingerprint density at radius 1 is 0.262 bits per heavy atom. The highest BCUT2D eigenvalue weighted by atomic mass is 15.1. The molecule has 11 aromatic rings. The van der Waals surface area contributed by atoms with E-state index in [4.69, 9.17) is 0 Å². The number of fused-ring (bicyclic) bond motifs is 5. The van der Waals surface area contributed by atoms with Gasteiger partial charge in [0.2, 0.25) is 0 Å². The standard InChI is InChI=1S/C63H44N2/c1-4-22-49(23-5-1)63(50-24-6-2-7-25-50)59-31-15-14-30-57(59)58-43-42-54(44-60(58)63)65(62-33-17-21-48-19-11-13-29-56(48)62)53-40-36-46(37-41-53)45-34-38-52(39-35-45)64(51-26-8-3-9-27-51)61-32-16-20-47-18-10-12-28-55(47)61/h1-44H. The van der Waals surface area contributed by atoms with Crippen LogP contribution in [0.5, 0.6) is 0 Å². The Morgan fingerprint density at radius 2 is 0.662 bits per heavy atom. The van der Waals surface area contributed by atoms with Crippen LogP contribution < -0.4 is 9.80 Å². The minimum absolute atomic E-state index is 0.505. The molecular weight excluding hydrogens is 785 g/mol. The monoisotopic (exact) mass is 828 g/mol. The van der Waals surface area contributed by atoms with E-state index in [2.05, 4.69) is 277 Å². The predicted octanol–water partition coefficient (Wildman–Crippen LogP) is 17.0. The molecule has 0 unspecified atom stereocenters. The van der Waals surface area contributed by atoms with Crippen LogP contribution in [0.1, 0.15) is 22.3 Å².